The maximum Gasteiger partial charge on any atom is 0.185 e. The molecule has 1 aromatic heterocycles. The quantitative estimate of drug-likeness (QED) is 0.897. The van der Waals surface area contributed by atoms with Crippen molar-refractivity contribution in [1.82, 2.24) is 10.3 Å². The first-order valence-corrected chi connectivity index (χ1v) is 8.23. The maximum atomic E-state index is 5.52. The van der Waals surface area contributed by atoms with E-state index in [1.807, 2.05) is 11.3 Å². The van der Waals surface area contributed by atoms with Gasteiger partial charge in [0.2, 0.25) is 0 Å². The molecule has 106 valence electrons. The van der Waals surface area contributed by atoms with Gasteiger partial charge in [0.25, 0.3) is 0 Å². The van der Waals surface area contributed by atoms with Crippen LogP contribution in [0.2, 0.25) is 0 Å². The van der Waals surface area contributed by atoms with E-state index in [2.05, 4.69) is 17.1 Å². The van der Waals surface area contributed by atoms with E-state index in [-0.39, 0.29) is 0 Å². The Morgan fingerprint density at radius 2 is 2.26 bits per heavy atom. The Labute approximate surface area is 119 Å². The lowest BCUT2D eigenvalue weighted by Crippen LogP contribution is -2.25. The Hall–Kier alpha value is -0.650. The number of aromatic nitrogens is 1. The molecule has 0 unspecified atom stereocenters. The number of ether oxygens (including phenoxy) is 1. The number of nitrogens with zero attached hydrogens (tertiary/aromatic N) is 2. The first-order chi connectivity index (χ1) is 9.36. The van der Waals surface area contributed by atoms with Gasteiger partial charge in [0.1, 0.15) is 0 Å². The normalized spacial score (nSPS) is 20.6. The molecule has 0 atom stereocenters. The number of hydrogen-bond acceptors (Lipinski definition) is 5. The van der Waals surface area contributed by atoms with Gasteiger partial charge in [-0.25, -0.2) is 4.98 Å². The van der Waals surface area contributed by atoms with Crippen LogP contribution in [0.4, 0.5) is 5.13 Å². The van der Waals surface area contributed by atoms with Crippen LogP contribution in [-0.4, -0.2) is 37.3 Å². The minimum atomic E-state index is 0.766. The summed E-state index contributed by atoms with van der Waals surface area (Å²) in [6, 6.07) is 0.766. The maximum absolute atomic E-state index is 5.52. The van der Waals surface area contributed by atoms with Crippen molar-refractivity contribution in [3.8, 4) is 0 Å². The highest BCUT2D eigenvalue weighted by atomic mass is 32.1. The molecule has 1 aliphatic heterocycles. The van der Waals surface area contributed by atoms with Gasteiger partial charge in [-0.05, 0) is 25.7 Å². The number of rotatable bonds is 5. The van der Waals surface area contributed by atoms with Crippen molar-refractivity contribution in [1.29, 1.82) is 0 Å². The van der Waals surface area contributed by atoms with E-state index in [1.165, 1.54) is 28.5 Å². The highest BCUT2D eigenvalue weighted by molar-refractivity contribution is 7.15. The summed E-state index contributed by atoms with van der Waals surface area (Å²) in [5.41, 5.74) is 1.28. The summed E-state index contributed by atoms with van der Waals surface area (Å²) in [7, 11) is 0. The zero-order valence-corrected chi connectivity index (χ0v) is 12.5. The summed E-state index contributed by atoms with van der Waals surface area (Å²) in [5.74, 6) is 0. The van der Waals surface area contributed by atoms with Crippen LogP contribution < -0.4 is 10.2 Å². The molecule has 0 amide bonds. The van der Waals surface area contributed by atoms with Gasteiger partial charge in [0.15, 0.2) is 5.13 Å². The summed E-state index contributed by atoms with van der Waals surface area (Å²) in [5, 5.41) is 4.79. The number of aryl methyl sites for hydroxylation is 1. The van der Waals surface area contributed by atoms with Gasteiger partial charge >= 0.3 is 0 Å². The number of anilines is 1. The number of hydrogen-bond donors (Lipinski definition) is 1. The lowest BCUT2D eigenvalue weighted by atomic mass is 10.3. The fourth-order valence-corrected chi connectivity index (χ4v) is 3.53. The van der Waals surface area contributed by atoms with Gasteiger partial charge in [-0.3, -0.25) is 0 Å². The molecule has 1 aliphatic carbocycles. The average Bonchev–Trinajstić information content (AvgIpc) is 3.21. The molecule has 2 aliphatic rings. The first-order valence-electron chi connectivity index (χ1n) is 7.41. The second-order valence-electron chi connectivity index (χ2n) is 5.33. The fourth-order valence-electron chi connectivity index (χ4n) is 2.38. The lowest BCUT2D eigenvalue weighted by molar-refractivity contribution is 0.152. The summed E-state index contributed by atoms with van der Waals surface area (Å²) in [6.45, 7) is 6.97. The Morgan fingerprint density at radius 3 is 3.05 bits per heavy atom. The third-order valence-corrected chi connectivity index (χ3v) is 4.88. The predicted octanol–water partition coefficient (Wildman–Crippen LogP) is 2.18. The third-order valence-electron chi connectivity index (χ3n) is 3.72. The largest absolute Gasteiger partial charge is 0.380 e. The van der Waals surface area contributed by atoms with Gasteiger partial charge in [0.05, 0.1) is 12.3 Å². The van der Waals surface area contributed by atoms with Crippen molar-refractivity contribution < 1.29 is 4.74 Å². The summed E-state index contributed by atoms with van der Waals surface area (Å²) >= 11 is 1.87. The van der Waals surface area contributed by atoms with E-state index < -0.39 is 0 Å². The monoisotopic (exact) mass is 281 g/mol. The van der Waals surface area contributed by atoms with E-state index in [9.17, 15) is 0 Å². The SMILES string of the molecule is CCc1nc(N2CCCOCC2)sc1CNC1CC1. The molecule has 1 saturated heterocycles. The Bertz CT molecular complexity index is 409. The van der Waals surface area contributed by atoms with Crippen molar-refractivity contribution in [2.75, 3.05) is 31.2 Å². The van der Waals surface area contributed by atoms with Crippen LogP contribution in [0, 0.1) is 0 Å². The molecule has 2 heterocycles. The van der Waals surface area contributed by atoms with Crippen molar-refractivity contribution in [2.24, 2.45) is 0 Å². The van der Waals surface area contributed by atoms with Crippen LogP contribution in [0.5, 0.6) is 0 Å². The molecule has 1 N–H and O–H groups in total. The van der Waals surface area contributed by atoms with Crippen molar-refractivity contribution in [3.05, 3.63) is 10.6 Å². The van der Waals surface area contributed by atoms with Crippen molar-refractivity contribution in [3.63, 3.8) is 0 Å². The molecular formula is C14H23N3OS. The molecule has 1 saturated carbocycles. The Balaban J connectivity index is 1.69. The van der Waals surface area contributed by atoms with Gasteiger partial charge in [-0.15, -0.1) is 11.3 Å². The molecule has 0 radical (unpaired) electrons. The standard InChI is InChI=1S/C14H23N3OS/c1-2-12-13(10-15-11-4-5-11)19-14(16-12)17-6-3-8-18-9-7-17/h11,15H,2-10H2,1H3. The second-order valence-corrected chi connectivity index (χ2v) is 6.39. The van der Waals surface area contributed by atoms with Crippen LogP contribution in [-0.2, 0) is 17.7 Å². The van der Waals surface area contributed by atoms with Crippen LogP contribution in [0.3, 0.4) is 0 Å². The molecule has 0 aromatic carbocycles. The molecule has 2 fully saturated rings. The molecule has 1 aromatic rings. The highest BCUT2D eigenvalue weighted by Gasteiger charge is 2.22. The lowest BCUT2D eigenvalue weighted by Gasteiger charge is -2.17. The summed E-state index contributed by atoms with van der Waals surface area (Å²) in [4.78, 5) is 8.65. The molecule has 0 bridgehead atoms. The third kappa shape index (κ3) is 3.46. The smallest absolute Gasteiger partial charge is 0.185 e. The number of thiazole rings is 1. The van der Waals surface area contributed by atoms with Gasteiger partial charge in [-0.2, -0.15) is 0 Å². The van der Waals surface area contributed by atoms with E-state index in [0.29, 0.717) is 0 Å². The minimum Gasteiger partial charge on any atom is -0.380 e. The molecule has 0 spiro atoms. The summed E-state index contributed by atoms with van der Waals surface area (Å²) < 4.78 is 5.52. The summed E-state index contributed by atoms with van der Waals surface area (Å²) in [6.07, 6.45) is 4.83. The molecule has 3 rings (SSSR count). The van der Waals surface area contributed by atoms with Crippen LogP contribution in [0.1, 0.15) is 36.8 Å². The fraction of sp³-hybridized carbons (Fsp3) is 0.786. The van der Waals surface area contributed by atoms with Gasteiger partial charge in [0, 0.05) is 37.2 Å². The van der Waals surface area contributed by atoms with Crippen molar-refractivity contribution in [2.45, 2.75) is 45.2 Å². The van der Waals surface area contributed by atoms with E-state index >= 15 is 0 Å². The minimum absolute atomic E-state index is 0.766. The van der Waals surface area contributed by atoms with Crippen LogP contribution in [0.15, 0.2) is 0 Å². The zero-order chi connectivity index (χ0) is 13.1. The Morgan fingerprint density at radius 1 is 1.37 bits per heavy atom. The van der Waals surface area contributed by atoms with Gasteiger partial charge in [-0.1, -0.05) is 6.92 Å². The second kappa shape index (κ2) is 6.20. The molecule has 4 nitrogen and oxygen atoms in total. The zero-order valence-electron chi connectivity index (χ0n) is 11.7. The van der Waals surface area contributed by atoms with Crippen LogP contribution in [0.25, 0.3) is 0 Å². The molecular weight excluding hydrogens is 258 g/mol. The predicted molar refractivity (Wildman–Crippen MR) is 79.0 cm³/mol. The van der Waals surface area contributed by atoms with E-state index in [4.69, 9.17) is 9.72 Å². The number of nitrogens with one attached hydrogen (secondary N) is 1. The Kier molecular flexibility index (Phi) is 4.35. The highest BCUT2D eigenvalue weighted by Crippen LogP contribution is 2.28. The van der Waals surface area contributed by atoms with Gasteiger partial charge < -0.3 is 15.0 Å². The van der Waals surface area contributed by atoms with Crippen molar-refractivity contribution >= 4 is 16.5 Å². The molecule has 5 heteroatoms. The van der Waals surface area contributed by atoms with E-state index in [1.54, 1.807) is 0 Å². The first kappa shape index (κ1) is 13.3. The average molecular weight is 281 g/mol. The van der Waals surface area contributed by atoms with E-state index in [0.717, 1.165) is 51.7 Å². The van der Waals surface area contributed by atoms with Crippen LogP contribution >= 0.6 is 11.3 Å². The topological polar surface area (TPSA) is 37.4 Å². The molecule has 19 heavy (non-hydrogen) atoms.